The van der Waals surface area contributed by atoms with Gasteiger partial charge in [-0.1, -0.05) is 58.4 Å². The summed E-state index contributed by atoms with van der Waals surface area (Å²) < 4.78 is 0. The molecule has 2 fully saturated rings. The van der Waals surface area contributed by atoms with Crippen molar-refractivity contribution in [3.8, 4) is 0 Å². The third-order valence-electron chi connectivity index (χ3n) is 5.53. The Morgan fingerprint density at radius 1 is 1.11 bits per heavy atom. The first-order valence-corrected chi connectivity index (χ1v) is 7.55. The zero-order valence-electron chi connectivity index (χ0n) is 12.3. The van der Waals surface area contributed by atoms with Gasteiger partial charge in [-0.25, -0.2) is 0 Å². The fourth-order valence-electron chi connectivity index (χ4n) is 4.02. The average Bonchev–Trinajstić information content (AvgIpc) is 2.91. The van der Waals surface area contributed by atoms with Gasteiger partial charge in [-0.05, 0) is 53.1 Å². The summed E-state index contributed by atoms with van der Waals surface area (Å²) in [5.41, 5.74) is 4.08. The van der Waals surface area contributed by atoms with E-state index >= 15 is 0 Å². The Kier molecular flexibility index (Phi) is 2.63. The SMILES string of the molecule is CCC12CC(c3ccc(C(C)(C)C)cc3)CC1C2. The molecule has 0 radical (unpaired) electrons. The lowest BCUT2D eigenvalue weighted by Gasteiger charge is -2.21. The van der Waals surface area contributed by atoms with E-state index in [2.05, 4.69) is 52.0 Å². The van der Waals surface area contributed by atoms with Crippen LogP contribution in [0.2, 0.25) is 0 Å². The highest BCUT2D eigenvalue weighted by Gasteiger charge is 2.58. The van der Waals surface area contributed by atoms with E-state index in [4.69, 9.17) is 0 Å². The Balaban J connectivity index is 1.75. The van der Waals surface area contributed by atoms with Gasteiger partial charge >= 0.3 is 0 Å². The van der Waals surface area contributed by atoms with Crippen molar-refractivity contribution in [3.05, 3.63) is 35.4 Å². The van der Waals surface area contributed by atoms with E-state index in [9.17, 15) is 0 Å². The van der Waals surface area contributed by atoms with Gasteiger partial charge in [0.1, 0.15) is 0 Å². The van der Waals surface area contributed by atoms with E-state index < -0.39 is 0 Å². The monoisotopic (exact) mass is 242 g/mol. The van der Waals surface area contributed by atoms with E-state index in [1.807, 2.05) is 0 Å². The molecule has 0 nitrogen and oxygen atoms in total. The molecule has 0 N–H and O–H groups in total. The second-order valence-electron chi connectivity index (χ2n) is 7.63. The first kappa shape index (κ1) is 12.3. The highest BCUT2D eigenvalue weighted by molar-refractivity contribution is 5.31. The van der Waals surface area contributed by atoms with E-state index in [0.717, 1.165) is 17.3 Å². The molecule has 3 rings (SSSR count). The predicted molar refractivity (Wildman–Crippen MR) is 77.9 cm³/mol. The van der Waals surface area contributed by atoms with Gasteiger partial charge in [0.25, 0.3) is 0 Å². The standard InChI is InChI=1S/C18H26/c1-5-18-11-14(10-16(18)12-18)13-6-8-15(9-7-13)17(2,3)4/h6-9,14,16H,5,10-12H2,1-4H3. The Hall–Kier alpha value is -0.780. The molecule has 0 bridgehead atoms. The second-order valence-corrected chi connectivity index (χ2v) is 7.63. The molecule has 0 saturated heterocycles. The van der Waals surface area contributed by atoms with Crippen LogP contribution in [0.5, 0.6) is 0 Å². The lowest BCUT2D eigenvalue weighted by Crippen LogP contribution is -2.11. The van der Waals surface area contributed by atoms with Crippen molar-refractivity contribution in [2.24, 2.45) is 11.3 Å². The van der Waals surface area contributed by atoms with Gasteiger partial charge in [0.05, 0.1) is 0 Å². The van der Waals surface area contributed by atoms with Crippen molar-refractivity contribution in [2.75, 3.05) is 0 Å². The average molecular weight is 242 g/mol. The number of rotatable bonds is 2. The van der Waals surface area contributed by atoms with Crippen LogP contribution in [0, 0.1) is 11.3 Å². The van der Waals surface area contributed by atoms with Crippen molar-refractivity contribution in [2.45, 2.75) is 64.7 Å². The second kappa shape index (κ2) is 3.85. The summed E-state index contributed by atoms with van der Waals surface area (Å²) in [6, 6.07) is 9.47. The minimum absolute atomic E-state index is 0.279. The molecule has 1 aromatic carbocycles. The molecular formula is C18H26. The normalized spacial score (nSPS) is 34.4. The summed E-state index contributed by atoms with van der Waals surface area (Å²) in [7, 11) is 0. The highest BCUT2D eigenvalue weighted by Crippen LogP contribution is 2.69. The van der Waals surface area contributed by atoms with Gasteiger partial charge in [0.15, 0.2) is 0 Å². The van der Waals surface area contributed by atoms with Crippen LogP contribution in [-0.2, 0) is 5.41 Å². The van der Waals surface area contributed by atoms with Crippen LogP contribution < -0.4 is 0 Å². The van der Waals surface area contributed by atoms with Crippen LogP contribution in [0.4, 0.5) is 0 Å². The van der Waals surface area contributed by atoms with Crippen LogP contribution in [0.15, 0.2) is 24.3 Å². The van der Waals surface area contributed by atoms with Crippen LogP contribution in [0.1, 0.15) is 70.4 Å². The molecule has 0 aliphatic heterocycles. The Labute approximate surface area is 112 Å². The van der Waals surface area contributed by atoms with E-state index in [1.165, 1.54) is 31.2 Å². The van der Waals surface area contributed by atoms with Crippen LogP contribution in [-0.4, -0.2) is 0 Å². The quantitative estimate of drug-likeness (QED) is 0.662. The van der Waals surface area contributed by atoms with Crippen LogP contribution in [0.25, 0.3) is 0 Å². The summed E-state index contributed by atoms with van der Waals surface area (Å²) in [4.78, 5) is 0. The molecule has 2 saturated carbocycles. The summed E-state index contributed by atoms with van der Waals surface area (Å²) in [5, 5.41) is 0. The van der Waals surface area contributed by atoms with E-state index in [0.29, 0.717) is 0 Å². The van der Waals surface area contributed by atoms with Crippen molar-refractivity contribution in [1.29, 1.82) is 0 Å². The fraction of sp³-hybridized carbons (Fsp3) is 0.667. The minimum Gasteiger partial charge on any atom is -0.0648 e. The predicted octanol–water partition coefficient (Wildman–Crippen LogP) is 5.28. The lowest BCUT2D eigenvalue weighted by atomic mass is 9.84. The molecule has 0 amide bonds. The molecule has 98 valence electrons. The molecule has 18 heavy (non-hydrogen) atoms. The van der Waals surface area contributed by atoms with Crippen molar-refractivity contribution < 1.29 is 0 Å². The number of hydrogen-bond acceptors (Lipinski definition) is 0. The zero-order valence-corrected chi connectivity index (χ0v) is 12.3. The minimum atomic E-state index is 0.279. The smallest absolute Gasteiger partial charge is 0.0132 e. The van der Waals surface area contributed by atoms with Gasteiger partial charge in [0.2, 0.25) is 0 Å². The van der Waals surface area contributed by atoms with Crippen molar-refractivity contribution in [1.82, 2.24) is 0 Å². The van der Waals surface area contributed by atoms with Crippen LogP contribution >= 0.6 is 0 Å². The number of fused-ring (bicyclic) bond motifs is 1. The summed E-state index contributed by atoms with van der Waals surface area (Å²) in [6.07, 6.45) is 5.81. The Bertz CT molecular complexity index is 430. The van der Waals surface area contributed by atoms with Crippen molar-refractivity contribution in [3.63, 3.8) is 0 Å². The lowest BCUT2D eigenvalue weighted by molar-refractivity contribution is 0.452. The van der Waals surface area contributed by atoms with E-state index in [-0.39, 0.29) is 5.41 Å². The highest BCUT2D eigenvalue weighted by atomic mass is 14.6. The Morgan fingerprint density at radius 2 is 1.78 bits per heavy atom. The molecule has 0 spiro atoms. The summed E-state index contributed by atoms with van der Waals surface area (Å²) in [5.74, 6) is 1.90. The topological polar surface area (TPSA) is 0 Å². The van der Waals surface area contributed by atoms with Gasteiger partial charge in [0, 0.05) is 0 Å². The molecule has 2 aliphatic rings. The van der Waals surface area contributed by atoms with Gasteiger partial charge < -0.3 is 0 Å². The number of hydrogen-bond donors (Lipinski definition) is 0. The third-order valence-corrected chi connectivity index (χ3v) is 5.53. The molecule has 0 aromatic heterocycles. The first-order chi connectivity index (χ1) is 8.44. The number of benzene rings is 1. The third kappa shape index (κ3) is 1.90. The van der Waals surface area contributed by atoms with Gasteiger partial charge in [-0.3, -0.25) is 0 Å². The molecule has 1 aromatic rings. The molecule has 0 heterocycles. The fourth-order valence-corrected chi connectivity index (χ4v) is 4.02. The largest absolute Gasteiger partial charge is 0.0648 e. The molecular weight excluding hydrogens is 216 g/mol. The molecule has 3 atom stereocenters. The molecule has 3 unspecified atom stereocenters. The van der Waals surface area contributed by atoms with Gasteiger partial charge in [-0.2, -0.15) is 0 Å². The molecule has 0 heteroatoms. The zero-order chi connectivity index (χ0) is 13.0. The maximum atomic E-state index is 2.39. The summed E-state index contributed by atoms with van der Waals surface area (Å²) >= 11 is 0. The molecule has 2 aliphatic carbocycles. The summed E-state index contributed by atoms with van der Waals surface area (Å²) in [6.45, 7) is 9.25. The van der Waals surface area contributed by atoms with E-state index in [1.54, 1.807) is 5.56 Å². The maximum absolute atomic E-state index is 2.39. The Morgan fingerprint density at radius 3 is 2.28 bits per heavy atom. The van der Waals surface area contributed by atoms with Crippen molar-refractivity contribution >= 4 is 0 Å². The van der Waals surface area contributed by atoms with Gasteiger partial charge in [-0.15, -0.1) is 0 Å². The first-order valence-electron chi connectivity index (χ1n) is 7.55. The maximum Gasteiger partial charge on any atom is -0.0132 e. The van der Waals surface area contributed by atoms with Crippen LogP contribution in [0.3, 0.4) is 0 Å².